The molecule has 0 aliphatic heterocycles. The summed E-state index contributed by atoms with van der Waals surface area (Å²) in [4.78, 5) is 0. The van der Waals surface area contributed by atoms with Crippen molar-refractivity contribution in [1.29, 1.82) is 0 Å². The van der Waals surface area contributed by atoms with Crippen LogP contribution in [0.25, 0.3) is 6.08 Å². The largest absolute Gasteiger partial charge is 0.115 e. The van der Waals surface area contributed by atoms with Crippen molar-refractivity contribution in [3.8, 4) is 12.3 Å². The van der Waals surface area contributed by atoms with Gasteiger partial charge in [-0.3, -0.25) is 0 Å². The first-order valence-electron chi connectivity index (χ1n) is 8.97. The average Bonchev–Trinajstić information content (AvgIpc) is 2.65. The molecule has 0 saturated carbocycles. The molecular weight excluding hydrogens is 300 g/mol. The van der Waals surface area contributed by atoms with Crippen molar-refractivity contribution in [2.45, 2.75) is 39.5 Å². The van der Waals surface area contributed by atoms with Gasteiger partial charge in [0.1, 0.15) is 0 Å². The second-order valence-corrected chi connectivity index (χ2v) is 6.90. The second-order valence-electron chi connectivity index (χ2n) is 6.90. The van der Waals surface area contributed by atoms with E-state index < -0.39 is 0 Å². The minimum atomic E-state index is 0.216. The fourth-order valence-electron chi connectivity index (χ4n) is 3.20. The van der Waals surface area contributed by atoms with Gasteiger partial charge in [-0.25, -0.2) is 0 Å². The van der Waals surface area contributed by atoms with Crippen LogP contribution in [-0.2, 0) is 0 Å². The van der Waals surface area contributed by atoms with Gasteiger partial charge in [0, 0.05) is 11.5 Å². The average molecular weight is 328 g/mol. The second kappa shape index (κ2) is 8.04. The number of allylic oxidation sites excluding steroid dienone is 7. The molecule has 0 N–H and O–H groups in total. The van der Waals surface area contributed by atoms with Crippen molar-refractivity contribution in [2.24, 2.45) is 5.41 Å². The van der Waals surface area contributed by atoms with Crippen LogP contribution in [0.15, 0.2) is 78.4 Å². The Hall–Kier alpha value is -2.52. The van der Waals surface area contributed by atoms with Gasteiger partial charge in [-0.05, 0) is 46.6 Å². The van der Waals surface area contributed by atoms with Crippen molar-refractivity contribution in [3.05, 3.63) is 89.6 Å². The third-order valence-electron chi connectivity index (χ3n) is 5.44. The molecule has 0 heterocycles. The number of hydrogen-bond acceptors (Lipinski definition) is 0. The normalized spacial score (nSPS) is 17.8. The van der Waals surface area contributed by atoms with Gasteiger partial charge in [0.05, 0.1) is 0 Å². The Labute approximate surface area is 153 Å². The molecule has 128 valence electrons. The van der Waals surface area contributed by atoms with Gasteiger partial charge in [-0.1, -0.05) is 88.4 Å². The van der Waals surface area contributed by atoms with Gasteiger partial charge >= 0.3 is 0 Å². The first-order chi connectivity index (χ1) is 12.0. The predicted molar refractivity (Wildman–Crippen MR) is 111 cm³/mol. The van der Waals surface area contributed by atoms with E-state index in [9.17, 15) is 0 Å². The molecule has 0 aromatic heterocycles. The van der Waals surface area contributed by atoms with Gasteiger partial charge in [0.25, 0.3) is 0 Å². The van der Waals surface area contributed by atoms with Gasteiger partial charge < -0.3 is 0 Å². The van der Waals surface area contributed by atoms with Crippen molar-refractivity contribution < 1.29 is 0 Å². The molecule has 0 amide bonds. The Bertz CT molecular complexity index is 786. The van der Waals surface area contributed by atoms with E-state index in [1.54, 1.807) is 6.08 Å². The quantitative estimate of drug-likeness (QED) is 0.395. The van der Waals surface area contributed by atoms with Gasteiger partial charge in [0.2, 0.25) is 0 Å². The van der Waals surface area contributed by atoms with E-state index in [0.29, 0.717) is 0 Å². The summed E-state index contributed by atoms with van der Waals surface area (Å²) in [6.07, 6.45) is 18.3. The van der Waals surface area contributed by atoms with Crippen LogP contribution in [0.1, 0.15) is 50.7 Å². The Morgan fingerprint density at radius 2 is 2.04 bits per heavy atom. The lowest BCUT2D eigenvalue weighted by Crippen LogP contribution is -2.18. The highest BCUT2D eigenvalue weighted by Crippen LogP contribution is 2.41. The highest BCUT2D eigenvalue weighted by atomic mass is 14.3. The molecule has 0 radical (unpaired) electrons. The molecule has 0 fully saturated rings. The van der Waals surface area contributed by atoms with Gasteiger partial charge in [-0.15, -0.1) is 6.42 Å². The van der Waals surface area contributed by atoms with Crippen molar-refractivity contribution in [2.75, 3.05) is 0 Å². The standard InChI is InChI=1S/C25H28/c1-7-20(8-2)17-21-12-11-13-22(18-21)24-15-14-23(16-19(24)5)25(6,9-3)10-4/h1,8,11-18,24H,2,5,9-10H2,3-4,6H3. The smallest absolute Gasteiger partial charge is 0.0267 e. The molecule has 0 bridgehead atoms. The minimum Gasteiger partial charge on any atom is -0.115 e. The molecule has 1 aromatic rings. The van der Waals surface area contributed by atoms with Crippen LogP contribution in [0, 0.1) is 17.8 Å². The summed E-state index contributed by atoms with van der Waals surface area (Å²) in [7, 11) is 0. The molecule has 1 aliphatic rings. The predicted octanol–water partition coefficient (Wildman–Crippen LogP) is 6.85. The maximum Gasteiger partial charge on any atom is 0.0267 e. The van der Waals surface area contributed by atoms with E-state index in [2.05, 4.69) is 82.3 Å². The summed E-state index contributed by atoms with van der Waals surface area (Å²) >= 11 is 0. The number of rotatable bonds is 6. The van der Waals surface area contributed by atoms with Crippen LogP contribution in [0.5, 0.6) is 0 Å². The molecule has 1 aromatic carbocycles. The van der Waals surface area contributed by atoms with Gasteiger partial charge in [-0.2, -0.15) is 0 Å². The zero-order chi connectivity index (χ0) is 18.4. The zero-order valence-corrected chi connectivity index (χ0v) is 15.7. The molecule has 0 saturated heterocycles. The number of terminal acetylenes is 1. The number of hydrogen-bond donors (Lipinski definition) is 0. The highest BCUT2D eigenvalue weighted by Gasteiger charge is 2.26. The summed E-state index contributed by atoms with van der Waals surface area (Å²) in [6, 6.07) is 8.46. The summed E-state index contributed by atoms with van der Waals surface area (Å²) < 4.78 is 0. The molecular formula is C25H28. The highest BCUT2D eigenvalue weighted by molar-refractivity contribution is 5.62. The monoisotopic (exact) mass is 328 g/mol. The van der Waals surface area contributed by atoms with Crippen LogP contribution in [0.3, 0.4) is 0 Å². The molecule has 0 spiro atoms. The maximum atomic E-state index is 5.49. The van der Waals surface area contributed by atoms with Gasteiger partial charge in [0.15, 0.2) is 0 Å². The summed E-state index contributed by atoms with van der Waals surface area (Å²) in [6.45, 7) is 14.9. The van der Waals surface area contributed by atoms with Crippen LogP contribution in [0.4, 0.5) is 0 Å². The Balaban J connectivity index is 2.31. The lowest BCUT2D eigenvalue weighted by Gasteiger charge is -2.32. The Morgan fingerprint density at radius 1 is 1.32 bits per heavy atom. The van der Waals surface area contributed by atoms with Crippen molar-refractivity contribution in [3.63, 3.8) is 0 Å². The summed E-state index contributed by atoms with van der Waals surface area (Å²) in [5.41, 5.74) is 5.87. The molecule has 25 heavy (non-hydrogen) atoms. The fourth-order valence-corrected chi connectivity index (χ4v) is 3.20. The van der Waals surface area contributed by atoms with E-state index in [4.69, 9.17) is 6.42 Å². The van der Waals surface area contributed by atoms with Crippen LogP contribution in [0.2, 0.25) is 0 Å². The molecule has 1 atom stereocenters. The number of benzene rings is 1. The molecule has 1 aliphatic carbocycles. The lowest BCUT2D eigenvalue weighted by molar-refractivity contribution is 0.375. The first-order valence-corrected chi connectivity index (χ1v) is 8.97. The first kappa shape index (κ1) is 18.8. The van der Waals surface area contributed by atoms with Crippen molar-refractivity contribution in [1.82, 2.24) is 0 Å². The minimum absolute atomic E-state index is 0.216. The topological polar surface area (TPSA) is 0 Å². The van der Waals surface area contributed by atoms with Crippen molar-refractivity contribution >= 4 is 6.08 Å². The molecule has 1 unspecified atom stereocenters. The van der Waals surface area contributed by atoms with E-state index >= 15 is 0 Å². The van der Waals surface area contributed by atoms with E-state index in [0.717, 1.165) is 29.6 Å². The molecule has 2 rings (SSSR count). The maximum absolute atomic E-state index is 5.49. The third-order valence-corrected chi connectivity index (χ3v) is 5.44. The van der Waals surface area contributed by atoms with E-state index in [1.807, 2.05) is 6.08 Å². The SMILES string of the molecule is C#CC(C=C)=Cc1cccc(C2C=CC(C(C)(CC)CC)=CC2=C)c1. The Morgan fingerprint density at radius 3 is 2.60 bits per heavy atom. The zero-order valence-electron chi connectivity index (χ0n) is 15.7. The molecule has 0 nitrogen and oxygen atoms in total. The van der Waals surface area contributed by atoms with Crippen LogP contribution in [-0.4, -0.2) is 0 Å². The van der Waals surface area contributed by atoms with Crippen LogP contribution < -0.4 is 0 Å². The third kappa shape index (κ3) is 4.12. The fraction of sp³-hybridized carbons (Fsp3) is 0.280. The summed E-state index contributed by atoms with van der Waals surface area (Å²) in [5, 5.41) is 0. The Kier molecular flexibility index (Phi) is 6.05. The lowest BCUT2D eigenvalue weighted by atomic mass is 9.73. The molecule has 0 heteroatoms. The van der Waals surface area contributed by atoms with Crippen LogP contribution >= 0.6 is 0 Å². The van der Waals surface area contributed by atoms with E-state index in [1.165, 1.54) is 11.1 Å². The summed E-state index contributed by atoms with van der Waals surface area (Å²) in [5.74, 6) is 2.86. The van der Waals surface area contributed by atoms with E-state index in [-0.39, 0.29) is 11.3 Å².